The molecule has 0 bridgehead atoms. The van der Waals surface area contributed by atoms with Crippen molar-refractivity contribution >= 4 is 28.4 Å². The van der Waals surface area contributed by atoms with Crippen molar-refractivity contribution in [2.75, 3.05) is 32.7 Å². The maximum Gasteiger partial charge on any atom is 0.346 e. The Balaban J connectivity index is 2.13. The third-order valence-electron chi connectivity index (χ3n) is 4.41. The van der Waals surface area contributed by atoms with Gasteiger partial charge < -0.3 is 14.1 Å². The van der Waals surface area contributed by atoms with Crippen LogP contribution in [0.3, 0.4) is 0 Å². The first-order valence-corrected chi connectivity index (χ1v) is 7.26. The fourth-order valence-corrected chi connectivity index (χ4v) is 3.78. The molecule has 0 spiro atoms. The second kappa shape index (κ2) is 4.08. The van der Waals surface area contributed by atoms with E-state index in [0.29, 0.717) is 11.1 Å². The minimum absolute atomic E-state index is 0.475. The standard InChI is InChI=1S/C17H17N2O3/c1-18-9-19(2,3)8-10-7-13-14-11(15(10)18)5-4-6-12(14)16(20)22-17(13)21/h4-7H,8-9H2,1-3H3/q+1. The van der Waals surface area contributed by atoms with Crippen LogP contribution in [0.25, 0.3) is 10.8 Å². The maximum atomic E-state index is 12.1. The molecule has 2 heterocycles. The number of hydrogen-bond donors (Lipinski definition) is 0. The average molecular weight is 297 g/mol. The van der Waals surface area contributed by atoms with Gasteiger partial charge in [0.25, 0.3) is 0 Å². The number of carbonyl (C=O) groups is 2. The molecule has 0 aliphatic carbocycles. The monoisotopic (exact) mass is 297 g/mol. The number of hydrogen-bond acceptors (Lipinski definition) is 4. The number of fused-ring (bicyclic) bond motifs is 2. The Hall–Kier alpha value is -2.40. The van der Waals surface area contributed by atoms with Gasteiger partial charge in [-0.15, -0.1) is 0 Å². The topological polar surface area (TPSA) is 46.6 Å². The summed E-state index contributed by atoms with van der Waals surface area (Å²) in [4.78, 5) is 26.3. The van der Waals surface area contributed by atoms with E-state index in [9.17, 15) is 9.59 Å². The van der Waals surface area contributed by atoms with Crippen molar-refractivity contribution in [3.8, 4) is 0 Å². The van der Waals surface area contributed by atoms with E-state index >= 15 is 0 Å². The van der Waals surface area contributed by atoms with Crippen molar-refractivity contribution in [3.05, 3.63) is 41.0 Å². The van der Waals surface area contributed by atoms with E-state index in [-0.39, 0.29) is 0 Å². The summed E-state index contributed by atoms with van der Waals surface area (Å²) in [6.07, 6.45) is 0. The van der Waals surface area contributed by atoms with Crippen molar-refractivity contribution in [3.63, 3.8) is 0 Å². The minimum atomic E-state index is -0.558. The minimum Gasteiger partial charge on any atom is -0.386 e. The second-order valence-corrected chi connectivity index (χ2v) is 6.77. The summed E-state index contributed by atoms with van der Waals surface area (Å²) in [6, 6.07) is 7.44. The molecule has 0 aromatic heterocycles. The third kappa shape index (κ3) is 1.69. The number of anilines is 1. The summed E-state index contributed by atoms with van der Waals surface area (Å²) in [7, 11) is 6.37. The van der Waals surface area contributed by atoms with Gasteiger partial charge in [-0.3, -0.25) is 0 Å². The van der Waals surface area contributed by atoms with Gasteiger partial charge in [-0.25, -0.2) is 9.59 Å². The van der Waals surface area contributed by atoms with E-state index in [1.807, 2.05) is 18.2 Å². The first kappa shape index (κ1) is 13.3. The molecule has 22 heavy (non-hydrogen) atoms. The summed E-state index contributed by atoms with van der Waals surface area (Å²) in [5.74, 6) is -1.10. The number of quaternary nitrogens is 1. The number of rotatable bonds is 0. The lowest BCUT2D eigenvalue weighted by Crippen LogP contribution is -2.50. The van der Waals surface area contributed by atoms with Crippen LogP contribution in [-0.4, -0.2) is 44.2 Å². The molecule has 0 unspecified atom stereocenters. The van der Waals surface area contributed by atoms with Crippen LogP contribution in [0.4, 0.5) is 5.69 Å². The van der Waals surface area contributed by atoms with Crippen molar-refractivity contribution in [2.45, 2.75) is 6.54 Å². The highest BCUT2D eigenvalue weighted by Crippen LogP contribution is 2.40. The lowest BCUT2D eigenvalue weighted by Gasteiger charge is -2.41. The largest absolute Gasteiger partial charge is 0.386 e. The van der Waals surface area contributed by atoms with Gasteiger partial charge in [-0.2, -0.15) is 0 Å². The highest BCUT2D eigenvalue weighted by atomic mass is 16.6. The smallest absolute Gasteiger partial charge is 0.346 e. The van der Waals surface area contributed by atoms with Crippen LogP contribution in [0.15, 0.2) is 24.3 Å². The Bertz CT molecular complexity index is 855. The summed E-state index contributed by atoms with van der Waals surface area (Å²) < 4.78 is 5.70. The fourth-order valence-electron chi connectivity index (χ4n) is 3.78. The highest BCUT2D eigenvalue weighted by molar-refractivity contribution is 6.23. The summed E-state index contributed by atoms with van der Waals surface area (Å²) in [5, 5.41) is 1.68. The molecule has 0 atom stereocenters. The highest BCUT2D eigenvalue weighted by Gasteiger charge is 2.34. The molecule has 2 aromatic carbocycles. The van der Waals surface area contributed by atoms with Gasteiger partial charge in [0.05, 0.1) is 30.9 Å². The van der Waals surface area contributed by atoms with E-state index in [2.05, 4.69) is 26.0 Å². The van der Waals surface area contributed by atoms with Gasteiger partial charge in [0.2, 0.25) is 0 Å². The number of benzene rings is 2. The number of carbonyl (C=O) groups excluding carboxylic acids is 2. The second-order valence-electron chi connectivity index (χ2n) is 6.77. The van der Waals surface area contributed by atoms with Gasteiger partial charge >= 0.3 is 11.9 Å². The van der Waals surface area contributed by atoms with E-state index in [1.165, 1.54) is 0 Å². The van der Waals surface area contributed by atoms with Crippen LogP contribution in [-0.2, 0) is 11.3 Å². The maximum absolute atomic E-state index is 12.1. The predicted molar refractivity (Wildman–Crippen MR) is 82.8 cm³/mol. The van der Waals surface area contributed by atoms with Crippen LogP contribution < -0.4 is 4.90 Å². The molecule has 2 aliphatic heterocycles. The van der Waals surface area contributed by atoms with Crippen molar-refractivity contribution in [1.29, 1.82) is 0 Å². The van der Waals surface area contributed by atoms with Crippen molar-refractivity contribution in [2.24, 2.45) is 0 Å². The molecule has 0 radical (unpaired) electrons. The molecular weight excluding hydrogens is 280 g/mol. The average Bonchev–Trinajstić information content (AvgIpc) is 2.42. The van der Waals surface area contributed by atoms with E-state index < -0.39 is 11.9 Å². The SMILES string of the molecule is CN1C[N+](C)(C)Cc2cc3c4c(cccc4c21)C(=O)OC3=O. The van der Waals surface area contributed by atoms with Gasteiger partial charge in [-0.05, 0) is 12.1 Å². The van der Waals surface area contributed by atoms with E-state index in [4.69, 9.17) is 4.74 Å². The van der Waals surface area contributed by atoms with Crippen LogP contribution in [0.5, 0.6) is 0 Å². The Labute approximate surface area is 128 Å². The lowest BCUT2D eigenvalue weighted by atomic mass is 9.91. The summed E-state index contributed by atoms with van der Waals surface area (Å²) >= 11 is 0. The summed E-state index contributed by atoms with van der Waals surface area (Å²) in [5.41, 5.74) is 3.20. The van der Waals surface area contributed by atoms with Crippen LogP contribution >= 0.6 is 0 Å². The fraction of sp³-hybridized carbons (Fsp3) is 0.294. The van der Waals surface area contributed by atoms with Crippen LogP contribution in [0.1, 0.15) is 26.3 Å². The van der Waals surface area contributed by atoms with E-state index in [0.717, 1.165) is 39.7 Å². The first-order valence-electron chi connectivity index (χ1n) is 7.26. The predicted octanol–water partition coefficient (Wildman–Crippen LogP) is 2.13. The molecule has 0 saturated carbocycles. The zero-order valence-corrected chi connectivity index (χ0v) is 12.8. The number of nitrogens with zero attached hydrogens (tertiary/aromatic N) is 2. The molecular formula is C17H17N2O3+. The van der Waals surface area contributed by atoms with Crippen LogP contribution in [0, 0.1) is 0 Å². The third-order valence-corrected chi connectivity index (χ3v) is 4.41. The van der Waals surface area contributed by atoms with Crippen molar-refractivity contribution in [1.82, 2.24) is 0 Å². The Morgan fingerprint density at radius 2 is 1.86 bits per heavy atom. The zero-order chi connectivity index (χ0) is 15.6. The summed E-state index contributed by atoms with van der Waals surface area (Å²) in [6.45, 7) is 1.72. The normalized spacial score (nSPS) is 19.1. The van der Waals surface area contributed by atoms with Crippen LogP contribution in [0.2, 0.25) is 0 Å². The van der Waals surface area contributed by atoms with Gasteiger partial charge in [0.1, 0.15) is 6.54 Å². The molecule has 2 aliphatic rings. The molecule has 0 N–H and O–H groups in total. The number of cyclic esters (lactones) is 2. The van der Waals surface area contributed by atoms with Gasteiger partial charge in [0, 0.05) is 23.4 Å². The Kier molecular flexibility index (Phi) is 2.46. The molecule has 4 rings (SSSR count). The van der Waals surface area contributed by atoms with Gasteiger partial charge in [0.15, 0.2) is 6.67 Å². The number of ether oxygens (including phenoxy) is 1. The molecule has 0 amide bonds. The molecule has 0 fully saturated rings. The molecule has 0 saturated heterocycles. The first-order chi connectivity index (χ1) is 10.4. The quantitative estimate of drug-likeness (QED) is 0.424. The molecule has 2 aromatic rings. The Morgan fingerprint density at radius 3 is 2.64 bits per heavy atom. The lowest BCUT2D eigenvalue weighted by molar-refractivity contribution is -0.904. The number of esters is 2. The zero-order valence-electron chi connectivity index (χ0n) is 12.8. The Morgan fingerprint density at radius 1 is 1.14 bits per heavy atom. The molecule has 112 valence electrons. The van der Waals surface area contributed by atoms with E-state index in [1.54, 1.807) is 6.07 Å². The molecule has 5 heteroatoms. The molecule has 5 nitrogen and oxygen atoms in total. The van der Waals surface area contributed by atoms with Gasteiger partial charge in [-0.1, -0.05) is 12.1 Å². The van der Waals surface area contributed by atoms with Crippen molar-refractivity contribution < 1.29 is 18.8 Å².